The van der Waals surface area contributed by atoms with Crippen molar-refractivity contribution in [2.45, 2.75) is 26.2 Å². The fourth-order valence-electron chi connectivity index (χ4n) is 2.55. The lowest BCUT2D eigenvalue weighted by atomic mass is 10.1. The van der Waals surface area contributed by atoms with Gasteiger partial charge in [-0.1, -0.05) is 0 Å². The first-order valence-electron chi connectivity index (χ1n) is 7.59. The summed E-state index contributed by atoms with van der Waals surface area (Å²) >= 11 is 0. The Morgan fingerprint density at radius 3 is 2.35 bits per heavy atom. The fraction of sp³-hybridized carbons (Fsp3) is 0.353. The van der Waals surface area contributed by atoms with Gasteiger partial charge in [0.25, 0.3) is 5.91 Å². The molecule has 0 unspecified atom stereocenters. The summed E-state index contributed by atoms with van der Waals surface area (Å²) in [6.45, 7) is 2.94. The molecule has 120 valence electrons. The van der Waals surface area contributed by atoms with Gasteiger partial charge in [0.05, 0.1) is 5.69 Å². The molecular weight excluding hydrogens is 292 g/mol. The Labute approximate surface area is 135 Å². The molecule has 1 aliphatic heterocycles. The van der Waals surface area contributed by atoms with E-state index >= 15 is 0 Å². The largest absolute Gasteiger partial charge is 0.399 e. The average Bonchev–Trinajstić information content (AvgIpc) is 2.55. The minimum Gasteiger partial charge on any atom is -0.399 e. The Hall–Kier alpha value is -2.81. The van der Waals surface area contributed by atoms with Crippen molar-refractivity contribution in [3.8, 4) is 6.07 Å². The maximum absolute atomic E-state index is 12.6. The monoisotopic (exact) mass is 312 g/mol. The minimum atomic E-state index is -0.615. The number of nitrogens with zero attached hydrogens (tertiary/aromatic N) is 3. The van der Waals surface area contributed by atoms with E-state index in [9.17, 15) is 14.9 Å². The Morgan fingerprint density at radius 1 is 1.22 bits per heavy atom. The molecule has 2 rings (SSSR count). The van der Waals surface area contributed by atoms with E-state index in [4.69, 9.17) is 5.73 Å². The molecule has 0 bridgehead atoms. The van der Waals surface area contributed by atoms with E-state index < -0.39 is 11.8 Å². The van der Waals surface area contributed by atoms with E-state index in [1.54, 1.807) is 30.5 Å². The summed E-state index contributed by atoms with van der Waals surface area (Å²) in [6, 6.07) is 8.31. The summed E-state index contributed by atoms with van der Waals surface area (Å²) in [7, 11) is 0. The van der Waals surface area contributed by atoms with Crippen molar-refractivity contribution in [1.29, 1.82) is 5.26 Å². The molecule has 6 nitrogen and oxygen atoms in total. The number of carbonyl (C=O) groups is 2. The second-order valence-corrected chi connectivity index (χ2v) is 5.50. The van der Waals surface area contributed by atoms with Gasteiger partial charge in [0.2, 0.25) is 5.91 Å². The van der Waals surface area contributed by atoms with E-state index in [1.807, 2.05) is 11.0 Å². The summed E-state index contributed by atoms with van der Waals surface area (Å²) in [5, 5.41) is 9.33. The number of carbonyl (C=O) groups excluding carboxylic acids is 2. The normalized spacial score (nSPS) is 15.0. The number of piperidine rings is 1. The number of nitrogen functional groups attached to an aromatic ring is 1. The Balaban J connectivity index is 2.28. The lowest BCUT2D eigenvalue weighted by Crippen LogP contribution is -2.37. The molecule has 1 aromatic rings. The van der Waals surface area contributed by atoms with Crippen molar-refractivity contribution in [3.05, 3.63) is 36.0 Å². The molecular formula is C17H20N4O2. The summed E-state index contributed by atoms with van der Waals surface area (Å²) in [6.07, 6.45) is 4.80. The molecule has 1 saturated heterocycles. The van der Waals surface area contributed by atoms with Gasteiger partial charge in [-0.25, -0.2) is 4.90 Å². The van der Waals surface area contributed by atoms with Gasteiger partial charge in [-0.2, -0.15) is 5.26 Å². The Kier molecular flexibility index (Phi) is 5.36. The van der Waals surface area contributed by atoms with Crippen LogP contribution in [0.5, 0.6) is 0 Å². The molecule has 2 N–H and O–H groups in total. The van der Waals surface area contributed by atoms with Gasteiger partial charge < -0.3 is 10.6 Å². The van der Waals surface area contributed by atoms with Crippen LogP contribution in [0.4, 0.5) is 11.4 Å². The number of nitriles is 1. The first kappa shape index (κ1) is 16.6. The predicted octanol–water partition coefficient (Wildman–Crippen LogP) is 2.04. The van der Waals surface area contributed by atoms with Gasteiger partial charge in [0, 0.05) is 31.9 Å². The zero-order valence-electron chi connectivity index (χ0n) is 13.2. The van der Waals surface area contributed by atoms with Crippen molar-refractivity contribution < 1.29 is 9.59 Å². The van der Waals surface area contributed by atoms with Crippen LogP contribution in [0, 0.1) is 11.3 Å². The Morgan fingerprint density at radius 2 is 1.83 bits per heavy atom. The molecule has 1 aromatic carbocycles. The highest BCUT2D eigenvalue weighted by molar-refractivity contribution is 6.21. The van der Waals surface area contributed by atoms with E-state index in [-0.39, 0.29) is 5.57 Å². The summed E-state index contributed by atoms with van der Waals surface area (Å²) in [5.74, 6) is -1.06. The topological polar surface area (TPSA) is 90.4 Å². The predicted molar refractivity (Wildman–Crippen MR) is 88.1 cm³/mol. The van der Waals surface area contributed by atoms with Crippen LogP contribution in [0.1, 0.15) is 26.2 Å². The van der Waals surface area contributed by atoms with Crippen LogP contribution < -0.4 is 10.6 Å². The van der Waals surface area contributed by atoms with Crippen molar-refractivity contribution in [2.75, 3.05) is 23.7 Å². The molecule has 1 fully saturated rings. The fourth-order valence-corrected chi connectivity index (χ4v) is 2.55. The molecule has 0 radical (unpaired) electrons. The summed E-state index contributed by atoms with van der Waals surface area (Å²) in [4.78, 5) is 27.5. The number of anilines is 2. The molecule has 0 aromatic heterocycles. The van der Waals surface area contributed by atoms with Crippen LogP contribution in [0.2, 0.25) is 0 Å². The van der Waals surface area contributed by atoms with Crippen LogP contribution in [-0.2, 0) is 9.59 Å². The van der Waals surface area contributed by atoms with Gasteiger partial charge in [-0.15, -0.1) is 0 Å². The van der Waals surface area contributed by atoms with Gasteiger partial charge in [0.1, 0.15) is 11.6 Å². The molecule has 1 heterocycles. The molecule has 23 heavy (non-hydrogen) atoms. The smallest absolute Gasteiger partial charge is 0.277 e. The number of hydrogen-bond acceptors (Lipinski definition) is 5. The van der Waals surface area contributed by atoms with Crippen LogP contribution in [0.25, 0.3) is 0 Å². The first-order valence-corrected chi connectivity index (χ1v) is 7.59. The number of nitrogens with two attached hydrogens (primary N) is 1. The number of benzene rings is 1. The van der Waals surface area contributed by atoms with Crippen LogP contribution >= 0.6 is 0 Å². The highest BCUT2D eigenvalue weighted by Crippen LogP contribution is 2.19. The van der Waals surface area contributed by atoms with Crippen molar-refractivity contribution in [1.82, 2.24) is 4.90 Å². The number of amides is 2. The maximum atomic E-state index is 12.6. The lowest BCUT2D eigenvalue weighted by molar-refractivity contribution is -0.123. The molecule has 0 saturated carbocycles. The second-order valence-electron chi connectivity index (χ2n) is 5.50. The van der Waals surface area contributed by atoms with E-state index in [0.29, 0.717) is 11.4 Å². The van der Waals surface area contributed by atoms with Gasteiger partial charge in [-0.3, -0.25) is 9.59 Å². The standard InChI is InChI=1S/C17H20N4O2/c1-13(22)21(16-7-5-15(19)6-8-16)17(23)14(11-18)12-20-9-3-2-4-10-20/h5-8,12H,2-4,9-10,19H2,1H3/b14-12-. The maximum Gasteiger partial charge on any atom is 0.277 e. The van der Waals surface area contributed by atoms with Crippen LogP contribution in [0.3, 0.4) is 0 Å². The third-order valence-corrected chi connectivity index (χ3v) is 3.72. The van der Waals surface area contributed by atoms with Gasteiger partial charge in [0.15, 0.2) is 0 Å². The quantitative estimate of drug-likeness (QED) is 0.524. The van der Waals surface area contributed by atoms with Crippen LogP contribution in [0.15, 0.2) is 36.0 Å². The van der Waals surface area contributed by atoms with Crippen molar-refractivity contribution in [3.63, 3.8) is 0 Å². The number of rotatable bonds is 3. The summed E-state index contributed by atoms with van der Waals surface area (Å²) in [5.41, 5.74) is 6.52. The first-order chi connectivity index (χ1) is 11.0. The minimum absolute atomic E-state index is 0.0427. The molecule has 2 amide bonds. The highest BCUT2D eigenvalue weighted by Gasteiger charge is 2.24. The molecule has 0 atom stereocenters. The lowest BCUT2D eigenvalue weighted by Gasteiger charge is -2.26. The van der Waals surface area contributed by atoms with Crippen LogP contribution in [-0.4, -0.2) is 29.8 Å². The SMILES string of the molecule is CC(=O)N(C(=O)/C(C#N)=C\N1CCCCC1)c1ccc(N)cc1. The number of imide groups is 1. The van der Waals surface area contributed by atoms with Crippen molar-refractivity contribution in [2.24, 2.45) is 0 Å². The molecule has 0 spiro atoms. The molecule has 1 aliphatic rings. The average molecular weight is 312 g/mol. The van der Waals surface area contributed by atoms with Gasteiger partial charge in [-0.05, 0) is 43.5 Å². The van der Waals surface area contributed by atoms with Gasteiger partial charge >= 0.3 is 0 Å². The summed E-state index contributed by atoms with van der Waals surface area (Å²) < 4.78 is 0. The Bertz CT molecular complexity index is 652. The zero-order valence-corrected chi connectivity index (χ0v) is 13.2. The van der Waals surface area contributed by atoms with Crippen molar-refractivity contribution >= 4 is 23.2 Å². The third-order valence-electron chi connectivity index (χ3n) is 3.72. The third kappa shape index (κ3) is 4.10. The molecule has 0 aliphatic carbocycles. The van der Waals surface area contributed by atoms with E-state index in [0.717, 1.165) is 37.3 Å². The van der Waals surface area contributed by atoms with E-state index in [1.165, 1.54) is 6.92 Å². The second kappa shape index (κ2) is 7.45. The number of likely N-dealkylation sites (tertiary alicyclic amines) is 1. The number of hydrogen-bond donors (Lipinski definition) is 1. The molecule has 6 heteroatoms. The zero-order chi connectivity index (χ0) is 16.8. The van der Waals surface area contributed by atoms with E-state index in [2.05, 4.69) is 0 Å². The highest BCUT2D eigenvalue weighted by atomic mass is 16.2.